The Morgan fingerprint density at radius 3 is 2.53 bits per heavy atom. The molecule has 2 fully saturated rings. The first-order valence-corrected chi connectivity index (χ1v) is 6.20. The average molecular weight is 267 g/mol. The number of amides is 1. The SMILES string of the molecule is CO[C@@H]1[C@@H]2[C@H](C(=O)N1c1ccc(F)c(F)c1)C2(C)C. The maximum atomic E-state index is 13.3. The van der Waals surface area contributed by atoms with Gasteiger partial charge in [-0.2, -0.15) is 0 Å². The van der Waals surface area contributed by atoms with Crippen molar-refractivity contribution in [2.75, 3.05) is 12.0 Å². The normalized spacial score (nSPS) is 31.5. The van der Waals surface area contributed by atoms with Gasteiger partial charge < -0.3 is 4.74 Å². The summed E-state index contributed by atoms with van der Waals surface area (Å²) in [5.74, 6) is -1.94. The molecule has 19 heavy (non-hydrogen) atoms. The first-order valence-electron chi connectivity index (χ1n) is 6.20. The van der Waals surface area contributed by atoms with Crippen molar-refractivity contribution in [3.8, 4) is 0 Å². The van der Waals surface area contributed by atoms with Crippen molar-refractivity contribution in [1.29, 1.82) is 0 Å². The van der Waals surface area contributed by atoms with E-state index in [-0.39, 0.29) is 23.2 Å². The van der Waals surface area contributed by atoms with E-state index < -0.39 is 17.9 Å². The molecular weight excluding hydrogens is 252 g/mol. The standard InChI is InChI=1S/C14H15F2NO2/c1-14(2)10-11(14)13(19-3)17(12(10)18)7-4-5-8(15)9(16)6-7/h4-6,10-11,13H,1-3H3/t10-,11+,13-/m1/s1. The fraction of sp³-hybridized carbons (Fsp3) is 0.500. The molecule has 0 unspecified atom stereocenters. The second-order valence-electron chi connectivity index (χ2n) is 5.76. The molecule has 102 valence electrons. The molecule has 1 aliphatic carbocycles. The lowest BCUT2D eigenvalue weighted by Gasteiger charge is -2.29. The molecule has 3 rings (SSSR count). The molecule has 1 saturated heterocycles. The number of carbonyl (C=O) groups is 1. The fourth-order valence-corrected chi connectivity index (χ4v) is 3.28. The molecule has 1 amide bonds. The minimum atomic E-state index is -0.958. The number of rotatable bonds is 2. The molecule has 1 aliphatic heterocycles. The van der Waals surface area contributed by atoms with Crippen LogP contribution in [0.5, 0.6) is 0 Å². The van der Waals surface area contributed by atoms with Gasteiger partial charge in [0.15, 0.2) is 11.6 Å². The second kappa shape index (κ2) is 3.76. The molecular formula is C14H15F2NO2. The Morgan fingerprint density at radius 2 is 1.95 bits per heavy atom. The number of hydrogen-bond acceptors (Lipinski definition) is 2. The van der Waals surface area contributed by atoms with E-state index in [9.17, 15) is 13.6 Å². The van der Waals surface area contributed by atoms with Crippen LogP contribution in [0.2, 0.25) is 0 Å². The molecule has 1 aromatic rings. The number of methoxy groups -OCH3 is 1. The van der Waals surface area contributed by atoms with Gasteiger partial charge in [-0.15, -0.1) is 0 Å². The van der Waals surface area contributed by atoms with Crippen molar-refractivity contribution in [3.05, 3.63) is 29.8 Å². The van der Waals surface area contributed by atoms with E-state index >= 15 is 0 Å². The summed E-state index contributed by atoms with van der Waals surface area (Å²) >= 11 is 0. The molecule has 0 aromatic heterocycles. The Morgan fingerprint density at radius 1 is 1.26 bits per heavy atom. The van der Waals surface area contributed by atoms with Crippen molar-refractivity contribution >= 4 is 11.6 Å². The number of piperidine rings is 1. The Balaban J connectivity index is 1.97. The predicted octanol–water partition coefficient (Wildman–Crippen LogP) is 2.56. The van der Waals surface area contributed by atoms with E-state index in [2.05, 4.69) is 0 Å². The summed E-state index contributed by atoms with van der Waals surface area (Å²) < 4.78 is 31.7. The Bertz CT molecular complexity index is 558. The number of nitrogens with zero attached hydrogens (tertiary/aromatic N) is 1. The van der Waals surface area contributed by atoms with E-state index in [1.807, 2.05) is 13.8 Å². The second-order valence-corrected chi connectivity index (χ2v) is 5.76. The lowest BCUT2D eigenvalue weighted by molar-refractivity contribution is -0.120. The minimum Gasteiger partial charge on any atom is -0.361 e. The van der Waals surface area contributed by atoms with E-state index in [4.69, 9.17) is 4.74 Å². The van der Waals surface area contributed by atoms with Crippen molar-refractivity contribution < 1.29 is 18.3 Å². The minimum absolute atomic E-state index is 0.0761. The summed E-state index contributed by atoms with van der Waals surface area (Å²) in [5, 5.41) is 0. The zero-order valence-corrected chi connectivity index (χ0v) is 11.0. The van der Waals surface area contributed by atoms with E-state index in [1.165, 1.54) is 18.1 Å². The number of ether oxygens (including phenoxy) is 1. The van der Waals surface area contributed by atoms with Crippen LogP contribution in [0.4, 0.5) is 14.5 Å². The Kier molecular flexibility index (Phi) is 2.48. The highest BCUT2D eigenvalue weighted by atomic mass is 19.2. The van der Waals surface area contributed by atoms with Crippen LogP contribution in [-0.2, 0) is 9.53 Å². The zero-order valence-electron chi connectivity index (χ0n) is 11.0. The average Bonchev–Trinajstić information content (AvgIpc) is 2.76. The number of carbonyl (C=O) groups excluding carboxylic acids is 1. The number of hydrogen-bond donors (Lipinski definition) is 0. The van der Waals surface area contributed by atoms with Gasteiger partial charge in [-0.05, 0) is 17.5 Å². The number of halogens is 2. The fourth-order valence-electron chi connectivity index (χ4n) is 3.28. The highest BCUT2D eigenvalue weighted by Crippen LogP contribution is 2.65. The molecule has 0 bridgehead atoms. The highest BCUT2D eigenvalue weighted by molar-refractivity contribution is 6.01. The van der Waals surface area contributed by atoms with Gasteiger partial charge in [-0.1, -0.05) is 13.8 Å². The molecule has 3 atom stereocenters. The van der Waals surface area contributed by atoms with Crippen LogP contribution < -0.4 is 4.90 Å². The van der Waals surface area contributed by atoms with Gasteiger partial charge in [0.05, 0.1) is 5.92 Å². The molecule has 1 heterocycles. The van der Waals surface area contributed by atoms with E-state index in [0.29, 0.717) is 5.69 Å². The summed E-state index contributed by atoms with van der Waals surface area (Å²) in [6.07, 6.45) is -0.405. The van der Waals surface area contributed by atoms with Gasteiger partial charge in [0.2, 0.25) is 5.91 Å². The lowest BCUT2D eigenvalue weighted by Crippen LogP contribution is -2.41. The van der Waals surface area contributed by atoms with E-state index in [0.717, 1.165) is 12.1 Å². The molecule has 1 saturated carbocycles. The molecule has 5 heteroatoms. The van der Waals surface area contributed by atoms with Crippen LogP contribution in [-0.4, -0.2) is 19.2 Å². The third-order valence-electron chi connectivity index (χ3n) is 4.40. The van der Waals surface area contributed by atoms with Crippen LogP contribution >= 0.6 is 0 Å². The molecule has 3 nitrogen and oxygen atoms in total. The summed E-state index contributed by atoms with van der Waals surface area (Å²) in [6.45, 7) is 4.05. The van der Waals surface area contributed by atoms with Crippen molar-refractivity contribution in [2.45, 2.75) is 20.1 Å². The highest BCUT2D eigenvalue weighted by Gasteiger charge is 2.72. The maximum absolute atomic E-state index is 13.3. The molecule has 0 spiro atoms. The maximum Gasteiger partial charge on any atom is 0.233 e. The molecule has 0 radical (unpaired) electrons. The van der Waals surface area contributed by atoms with Gasteiger partial charge in [-0.3, -0.25) is 9.69 Å². The van der Waals surface area contributed by atoms with Crippen LogP contribution in [0.3, 0.4) is 0 Å². The van der Waals surface area contributed by atoms with Crippen LogP contribution in [0.15, 0.2) is 18.2 Å². The first kappa shape index (κ1) is 12.5. The van der Waals surface area contributed by atoms with E-state index in [1.54, 1.807) is 0 Å². The quantitative estimate of drug-likeness (QED) is 0.824. The third-order valence-corrected chi connectivity index (χ3v) is 4.40. The number of benzene rings is 1. The summed E-state index contributed by atoms with van der Waals surface area (Å²) in [5.41, 5.74) is 0.270. The van der Waals surface area contributed by atoms with Crippen LogP contribution in [0.25, 0.3) is 0 Å². The number of fused-ring (bicyclic) bond motifs is 1. The molecule has 0 N–H and O–H groups in total. The summed E-state index contributed by atoms with van der Waals surface area (Å²) in [7, 11) is 1.53. The van der Waals surface area contributed by atoms with Crippen molar-refractivity contribution in [1.82, 2.24) is 0 Å². The molecule has 1 aromatic carbocycles. The predicted molar refractivity (Wildman–Crippen MR) is 65.4 cm³/mol. The van der Waals surface area contributed by atoms with Gasteiger partial charge in [0.1, 0.15) is 6.23 Å². The smallest absolute Gasteiger partial charge is 0.233 e. The van der Waals surface area contributed by atoms with Gasteiger partial charge >= 0.3 is 0 Å². The lowest BCUT2D eigenvalue weighted by atomic mass is 10.0. The summed E-state index contributed by atoms with van der Waals surface area (Å²) in [4.78, 5) is 13.8. The largest absolute Gasteiger partial charge is 0.361 e. The molecule has 2 aliphatic rings. The van der Waals surface area contributed by atoms with Gasteiger partial charge in [0, 0.05) is 24.8 Å². The van der Waals surface area contributed by atoms with Crippen molar-refractivity contribution in [2.24, 2.45) is 17.3 Å². The van der Waals surface area contributed by atoms with Gasteiger partial charge in [-0.25, -0.2) is 8.78 Å². The number of anilines is 1. The Hall–Kier alpha value is -1.49. The van der Waals surface area contributed by atoms with Gasteiger partial charge in [0.25, 0.3) is 0 Å². The first-order chi connectivity index (χ1) is 8.89. The van der Waals surface area contributed by atoms with Crippen LogP contribution in [0.1, 0.15) is 13.8 Å². The zero-order chi connectivity index (χ0) is 13.9. The Labute approximate surface area is 110 Å². The van der Waals surface area contributed by atoms with Crippen molar-refractivity contribution in [3.63, 3.8) is 0 Å². The topological polar surface area (TPSA) is 29.5 Å². The monoisotopic (exact) mass is 267 g/mol. The van der Waals surface area contributed by atoms with Crippen LogP contribution in [0, 0.1) is 28.9 Å². The summed E-state index contributed by atoms with van der Waals surface area (Å²) in [6, 6.07) is 3.47. The third kappa shape index (κ3) is 1.54.